The van der Waals surface area contributed by atoms with E-state index in [4.69, 9.17) is 11.6 Å². The first-order chi connectivity index (χ1) is 10.1. The number of benzene rings is 1. The van der Waals surface area contributed by atoms with Crippen molar-refractivity contribution in [2.24, 2.45) is 0 Å². The smallest absolute Gasteiger partial charge is 0.266 e. The van der Waals surface area contributed by atoms with Gasteiger partial charge in [-0.3, -0.25) is 4.79 Å². The number of hydrogen-bond donors (Lipinski definition) is 1. The topological polar surface area (TPSA) is 49.0 Å². The summed E-state index contributed by atoms with van der Waals surface area (Å²) in [5.41, 5.74) is 2.07. The molecule has 3 rings (SSSR count). The van der Waals surface area contributed by atoms with E-state index in [1.54, 1.807) is 0 Å². The van der Waals surface area contributed by atoms with Crippen molar-refractivity contribution in [3.8, 4) is 0 Å². The number of halogens is 1. The molecule has 0 bridgehead atoms. The molecule has 0 atom stereocenters. The van der Waals surface area contributed by atoms with Gasteiger partial charge in [0.15, 0.2) is 5.15 Å². The van der Waals surface area contributed by atoms with E-state index >= 15 is 0 Å². The van der Waals surface area contributed by atoms with E-state index in [0.29, 0.717) is 5.15 Å². The van der Waals surface area contributed by atoms with E-state index in [2.05, 4.69) is 46.3 Å². The Balaban J connectivity index is 1.79. The van der Waals surface area contributed by atoms with Gasteiger partial charge in [-0.1, -0.05) is 48.9 Å². The maximum Gasteiger partial charge on any atom is 0.266 e. The zero-order valence-corrected chi connectivity index (χ0v) is 12.7. The highest BCUT2D eigenvalue weighted by atomic mass is 35.5. The Kier molecular flexibility index (Phi) is 3.72. The molecule has 5 heteroatoms. The van der Waals surface area contributed by atoms with Crippen LogP contribution < -0.4 is 10.5 Å². The maximum absolute atomic E-state index is 11.4. The van der Waals surface area contributed by atoms with E-state index in [9.17, 15) is 4.79 Å². The van der Waals surface area contributed by atoms with Gasteiger partial charge < -0.3 is 4.90 Å². The largest absolute Gasteiger partial charge is 0.369 e. The molecule has 21 heavy (non-hydrogen) atoms. The van der Waals surface area contributed by atoms with Gasteiger partial charge in [0.05, 0.1) is 5.69 Å². The summed E-state index contributed by atoms with van der Waals surface area (Å²) in [5, 5.41) is 6.55. The number of H-pyrrole nitrogens is 1. The SMILES string of the molecule is CC1(c2ccccc2)CCN(c2cc(=O)[nH]nc2Cl)CC1. The summed E-state index contributed by atoms with van der Waals surface area (Å²) in [6, 6.07) is 12.1. The van der Waals surface area contributed by atoms with Crippen molar-refractivity contribution in [3.05, 3.63) is 57.5 Å². The van der Waals surface area contributed by atoms with Crippen molar-refractivity contribution in [3.63, 3.8) is 0 Å². The monoisotopic (exact) mass is 303 g/mol. The van der Waals surface area contributed by atoms with Gasteiger partial charge in [0, 0.05) is 19.2 Å². The third-order valence-corrected chi connectivity index (χ3v) is 4.70. The lowest BCUT2D eigenvalue weighted by Gasteiger charge is -2.40. The standard InChI is InChI=1S/C16H18ClN3O/c1-16(12-5-3-2-4-6-12)7-9-20(10-8-16)13-11-14(21)18-19-15(13)17/h2-6,11H,7-10H2,1H3,(H,18,21). The molecule has 110 valence electrons. The summed E-state index contributed by atoms with van der Waals surface area (Å²) in [4.78, 5) is 13.6. The predicted octanol–water partition coefficient (Wildman–Crippen LogP) is 2.98. The van der Waals surface area contributed by atoms with E-state index in [1.807, 2.05) is 6.07 Å². The molecular formula is C16H18ClN3O. The average molecular weight is 304 g/mol. The van der Waals surface area contributed by atoms with Gasteiger partial charge in [0.2, 0.25) is 0 Å². The summed E-state index contributed by atoms with van der Waals surface area (Å²) >= 11 is 6.09. The van der Waals surface area contributed by atoms with Crippen LogP contribution in [0.2, 0.25) is 5.15 Å². The highest BCUT2D eigenvalue weighted by Crippen LogP contribution is 2.37. The molecule has 1 aliphatic heterocycles. The lowest BCUT2D eigenvalue weighted by molar-refractivity contribution is 0.362. The molecule has 1 aromatic carbocycles. The van der Waals surface area contributed by atoms with Crippen molar-refractivity contribution < 1.29 is 0 Å². The number of piperidine rings is 1. The number of aromatic amines is 1. The van der Waals surface area contributed by atoms with Crippen molar-refractivity contribution in [1.29, 1.82) is 0 Å². The number of hydrogen-bond acceptors (Lipinski definition) is 3. The van der Waals surface area contributed by atoms with E-state index in [1.165, 1.54) is 11.6 Å². The molecule has 1 saturated heterocycles. The highest BCUT2D eigenvalue weighted by molar-refractivity contribution is 6.31. The van der Waals surface area contributed by atoms with E-state index < -0.39 is 0 Å². The molecule has 0 radical (unpaired) electrons. The zero-order valence-electron chi connectivity index (χ0n) is 12.0. The van der Waals surface area contributed by atoms with Crippen molar-refractivity contribution in [1.82, 2.24) is 10.2 Å². The minimum Gasteiger partial charge on any atom is -0.369 e. The van der Waals surface area contributed by atoms with Gasteiger partial charge in [-0.15, -0.1) is 0 Å². The van der Waals surface area contributed by atoms with Gasteiger partial charge in [-0.25, -0.2) is 5.10 Å². The molecule has 1 aliphatic rings. The highest BCUT2D eigenvalue weighted by Gasteiger charge is 2.32. The second-order valence-electron chi connectivity index (χ2n) is 5.82. The van der Waals surface area contributed by atoms with Crippen LogP contribution in [0.1, 0.15) is 25.3 Å². The molecule has 2 heterocycles. The van der Waals surface area contributed by atoms with Crippen molar-refractivity contribution in [2.45, 2.75) is 25.2 Å². The lowest BCUT2D eigenvalue weighted by atomic mass is 9.74. The fourth-order valence-electron chi connectivity index (χ4n) is 2.97. The molecule has 1 N–H and O–H groups in total. The molecular weight excluding hydrogens is 286 g/mol. The van der Waals surface area contributed by atoms with Crippen LogP contribution >= 0.6 is 11.6 Å². The molecule has 0 aliphatic carbocycles. The van der Waals surface area contributed by atoms with Gasteiger partial charge in [-0.05, 0) is 23.8 Å². The quantitative estimate of drug-likeness (QED) is 0.928. The normalized spacial score (nSPS) is 17.7. The minimum atomic E-state index is -0.217. The van der Waals surface area contributed by atoms with Crippen LogP contribution in [0, 0.1) is 0 Å². The maximum atomic E-state index is 11.4. The summed E-state index contributed by atoms with van der Waals surface area (Å²) in [6.07, 6.45) is 2.06. The van der Waals surface area contributed by atoms with E-state index in [-0.39, 0.29) is 11.0 Å². The lowest BCUT2D eigenvalue weighted by Crippen LogP contribution is -2.41. The third kappa shape index (κ3) is 2.81. The minimum absolute atomic E-state index is 0.179. The summed E-state index contributed by atoms with van der Waals surface area (Å²) in [5.74, 6) is 0. The molecule has 0 amide bonds. The Hall–Kier alpha value is -1.81. The molecule has 0 unspecified atom stereocenters. The fraction of sp³-hybridized carbons (Fsp3) is 0.375. The first-order valence-electron chi connectivity index (χ1n) is 7.14. The molecule has 1 fully saturated rings. The number of anilines is 1. The van der Waals surface area contributed by atoms with Crippen LogP contribution in [0.25, 0.3) is 0 Å². The van der Waals surface area contributed by atoms with Gasteiger partial charge in [-0.2, -0.15) is 5.10 Å². The number of aromatic nitrogens is 2. The fourth-order valence-corrected chi connectivity index (χ4v) is 3.19. The molecule has 4 nitrogen and oxygen atoms in total. The summed E-state index contributed by atoms with van der Waals surface area (Å²) in [7, 11) is 0. The van der Waals surface area contributed by atoms with Gasteiger partial charge >= 0.3 is 0 Å². The van der Waals surface area contributed by atoms with Gasteiger partial charge in [0.25, 0.3) is 5.56 Å². The summed E-state index contributed by atoms with van der Waals surface area (Å²) < 4.78 is 0. The Labute approximate surface area is 128 Å². The van der Waals surface area contributed by atoms with Gasteiger partial charge in [0.1, 0.15) is 0 Å². The number of rotatable bonds is 2. The van der Waals surface area contributed by atoms with Crippen LogP contribution in [-0.4, -0.2) is 23.3 Å². The van der Waals surface area contributed by atoms with Crippen LogP contribution in [0.4, 0.5) is 5.69 Å². The Bertz CT molecular complexity index is 675. The summed E-state index contributed by atoms with van der Waals surface area (Å²) in [6.45, 7) is 4.05. The van der Waals surface area contributed by atoms with Crippen LogP contribution in [0.3, 0.4) is 0 Å². The average Bonchev–Trinajstić information content (AvgIpc) is 2.52. The van der Waals surface area contributed by atoms with E-state index in [0.717, 1.165) is 31.6 Å². The Morgan fingerprint density at radius 3 is 2.57 bits per heavy atom. The Morgan fingerprint density at radius 2 is 1.90 bits per heavy atom. The van der Waals surface area contributed by atoms with Crippen LogP contribution in [0.5, 0.6) is 0 Å². The number of nitrogens with zero attached hydrogens (tertiary/aromatic N) is 2. The predicted molar refractivity (Wildman–Crippen MR) is 85.1 cm³/mol. The first kappa shape index (κ1) is 14.1. The number of nitrogens with one attached hydrogen (secondary N) is 1. The molecule has 1 aromatic heterocycles. The second kappa shape index (κ2) is 5.53. The molecule has 0 spiro atoms. The second-order valence-corrected chi connectivity index (χ2v) is 6.18. The van der Waals surface area contributed by atoms with Crippen LogP contribution in [-0.2, 0) is 5.41 Å². The van der Waals surface area contributed by atoms with Crippen LogP contribution in [0.15, 0.2) is 41.2 Å². The Morgan fingerprint density at radius 1 is 1.24 bits per heavy atom. The first-order valence-corrected chi connectivity index (χ1v) is 7.52. The molecule has 2 aromatic rings. The third-order valence-electron chi connectivity index (χ3n) is 4.42. The zero-order chi connectivity index (χ0) is 14.9. The van der Waals surface area contributed by atoms with Crippen molar-refractivity contribution >= 4 is 17.3 Å². The molecule has 0 saturated carbocycles. The van der Waals surface area contributed by atoms with Crippen molar-refractivity contribution in [2.75, 3.05) is 18.0 Å².